The Balaban J connectivity index is 1.30. The second-order valence-corrected chi connectivity index (χ2v) is 9.32. The summed E-state index contributed by atoms with van der Waals surface area (Å²) in [6.45, 7) is 5.93. The minimum absolute atomic E-state index is 0.0501. The van der Waals surface area contributed by atoms with Crippen LogP contribution in [0.1, 0.15) is 24.8 Å². The van der Waals surface area contributed by atoms with Crippen LogP contribution in [0.25, 0.3) is 0 Å². The van der Waals surface area contributed by atoms with Crippen molar-refractivity contribution >= 4 is 34.7 Å². The lowest BCUT2D eigenvalue weighted by atomic mass is 10.1. The lowest BCUT2D eigenvalue weighted by Gasteiger charge is -2.32. The van der Waals surface area contributed by atoms with Gasteiger partial charge in [-0.05, 0) is 56.1 Å². The molecular weight excluding hydrogens is 440 g/mol. The summed E-state index contributed by atoms with van der Waals surface area (Å²) in [7, 11) is 2.07. The van der Waals surface area contributed by atoms with Crippen molar-refractivity contribution < 1.29 is 10.0 Å². The highest BCUT2D eigenvalue weighted by Gasteiger charge is 2.20. The van der Waals surface area contributed by atoms with Crippen molar-refractivity contribution in [1.82, 2.24) is 19.8 Å². The van der Waals surface area contributed by atoms with Crippen LogP contribution in [0.15, 0.2) is 36.5 Å². The van der Waals surface area contributed by atoms with Gasteiger partial charge in [0.15, 0.2) is 0 Å². The summed E-state index contributed by atoms with van der Waals surface area (Å²) in [4.78, 5) is 23.6. The van der Waals surface area contributed by atoms with Gasteiger partial charge in [-0.25, -0.2) is 10.0 Å². The van der Waals surface area contributed by atoms with E-state index in [1.807, 2.05) is 24.4 Å². The second-order valence-electron chi connectivity index (χ2n) is 8.91. The van der Waals surface area contributed by atoms with Gasteiger partial charge in [-0.2, -0.15) is 0 Å². The first kappa shape index (κ1) is 23.8. The van der Waals surface area contributed by atoms with E-state index >= 15 is 0 Å². The van der Waals surface area contributed by atoms with E-state index in [1.54, 1.807) is 6.07 Å². The molecule has 0 radical (unpaired) electrons. The van der Waals surface area contributed by atoms with E-state index < -0.39 is 0 Å². The fraction of sp³-hybridized carbons (Fsp3) is 0.500. The smallest absolute Gasteiger partial charge is 0.260 e. The molecule has 0 spiro atoms. The Hall–Kier alpha value is -2.39. The minimum atomic E-state index is -0.323. The van der Waals surface area contributed by atoms with Crippen LogP contribution in [0.2, 0.25) is 5.02 Å². The molecule has 33 heavy (non-hydrogen) atoms. The number of amides is 1. The van der Waals surface area contributed by atoms with Crippen molar-refractivity contribution in [2.24, 2.45) is 0 Å². The molecule has 2 aromatic rings. The number of carbonyl (C=O) groups is 1. The number of pyridine rings is 1. The Kier molecular flexibility index (Phi) is 8.03. The fourth-order valence-electron chi connectivity index (χ4n) is 4.23. The summed E-state index contributed by atoms with van der Waals surface area (Å²) in [6.07, 6.45) is 5.67. The van der Waals surface area contributed by atoms with Gasteiger partial charge in [-0.1, -0.05) is 17.7 Å². The molecule has 2 aliphatic rings. The number of benzene rings is 1. The van der Waals surface area contributed by atoms with E-state index in [4.69, 9.17) is 11.6 Å². The molecule has 1 amide bonds. The first-order valence-electron chi connectivity index (χ1n) is 11.6. The largest absolute Gasteiger partial charge is 0.370 e. The number of nitrogens with one attached hydrogen (secondary N) is 1. The van der Waals surface area contributed by atoms with Crippen molar-refractivity contribution in [2.75, 3.05) is 63.1 Å². The zero-order valence-electron chi connectivity index (χ0n) is 19.2. The Morgan fingerprint density at radius 2 is 1.85 bits per heavy atom. The van der Waals surface area contributed by atoms with Crippen LogP contribution in [0, 0.1) is 0 Å². The van der Waals surface area contributed by atoms with Crippen LogP contribution in [-0.2, 0) is 11.3 Å². The molecule has 0 unspecified atom stereocenters. The maximum Gasteiger partial charge on any atom is 0.260 e. The third kappa shape index (κ3) is 6.57. The summed E-state index contributed by atoms with van der Waals surface area (Å²) < 4.78 is 0. The third-order valence-corrected chi connectivity index (χ3v) is 6.71. The summed E-state index contributed by atoms with van der Waals surface area (Å²) in [5.41, 5.74) is 2.64. The van der Waals surface area contributed by atoms with Gasteiger partial charge in [0.25, 0.3) is 5.91 Å². The molecule has 2 saturated heterocycles. The molecule has 1 aromatic carbocycles. The predicted molar refractivity (Wildman–Crippen MR) is 131 cm³/mol. The summed E-state index contributed by atoms with van der Waals surface area (Å²) in [5.74, 6) is 0.418. The van der Waals surface area contributed by atoms with Gasteiger partial charge < -0.3 is 15.1 Å². The van der Waals surface area contributed by atoms with Crippen molar-refractivity contribution in [3.05, 3.63) is 47.1 Å². The van der Waals surface area contributed by atoms with Crippen LogP contribution < -0.4 is 10.2 Å². The number of hydrogen-bond donors (Lipinski definition) is 2. The van der Waals surface area contributed by atoms with Gasteiger partial charge in [-0.3, -0.25) is 14.9 Å². The molecule has 178 valence electrons. The average molecular weight is 473 g/mol. The number of aromatic nitrogens is 1. The van der Waals surface area contributed by atoms with Crippen LogP contribution >= 0.6 is 11.6 Å². The highest BCUT2D eigenvalue weighted by atomic mass is 35.5. The van der Waals surface area contributed by atoms with Crippen molar-refractivity contribution in [1.29, 1.82) is 0 Å². The molecule has 8 nitrogen and oxygen atoms in total. The monoisotopic (exact) mass is 472 g/mol. The Morgan fingerprint density at radius 3 is 2.52 bits per heavy atom. The maximum atomic E-state index is 12.4. The second kappa shape index (κ2) is 11.2. The van der Waals surface area contributed by atoms with E-state index in [-0.39, 0.29) is 19.0 Å². The van der Waals surface area contributed by atoms with Gasteiger partial charge >= 0.3 is 0 Å². The molecule has 2 aliphatic heterocycles. The zero-order chi connectivity index (χ0) is 23.2. The molecule has 0 aliphatic carbocycles. The number of halogens is 1. The predicted octanol–water partition coefficient (Wildman–Crippen LogP) is 3.43. The van der Waals surface area contributed by atoms with E-state index in [1.165, 1.54) is 19.3 Å². The highest BCUT2D eigenvalue weighted by Crippen LogP contribution is 2.25. The Labute approximate surface area is 200 Å². The number of carbonyl (C=O) groups excluding carboxylic acids is 1. The molecular formula is C24H33ClN6O2. The highest BCUT2D eigenvalue weighted by molar-refractivity contribution is 6.31. The van der Waals surface area contributed by atoms with Crippen LogP contribution in [0.3, 0.4) is 0 Å². The van der Waals surface area contributed by atoms with E-state index in [0.717, 1.165) is 61.5 Å². The molecule has 2 fully saturated rings. The number of hydroxylamine groups is 2. The van der Waals surface area contributed by atoms with Crippen LogP contribution in [0.4, 0.5) is 17.2 Å². The average Bonchev–Trinajstić information content (AvgIpc) is 2.83. The Morgan fingerprint density at radius 1 is 1.09 bits per heavy atom. The number of likely N-dealkylation sites (N-methyl/N-ethyl adjacent to an activating group) is 1. The number of rotatable bonds is 7. The topological polar surface area (TPSA) is 75.2 Å². The number of piperazine rings is 1. The number of piperidine rings is 1. The lowest BCUT2D eigenvalue weighted by Crippen LogP contribution is -2.48. The SMILES string of the molecule is CN1CCN(CC(=O)N(O)Cc2ccc(Nc3ccc(N4CCCCC4)cn3)cc2Cl)CC1. The normalized spacial score (nSPS) is 17.7. The van der Waals surface area contributed by atoms with E-state index in [9.17, 15) is 10.0 Å². The van der Waals surface area contributed by atoms with Gasteiger partial charge in [0.2, 0.25) is 0 Å². The van der Waals surface area contributed by atoms with Gasteiger partial charge in [-0.15, -0.1) is 0 Å². The van der Waals surface area contributed by atoms with E-state index in [2.05, 4.69) is 38.1 Å². The van der Waals surface area contributed by atoms with Gasteiger partial charge in [0, 0.05) is 50.0 Å². The van der Waals surface area contributed by atoms with Crippen molar-refractivity contribution in [2.45, 2.75) is 25.8 Å². The summed E-state index contributed by atoms with van der Waals surface area (Å²) in [5, 5.41) is 14.8. The Bertz CT molecular complexity index is 927. The number of anilines is 3. The van der Waals surface area contributed by atoms with Crippen molar-refractivity contribution in [3.8, 4) is 0 Å². The minimum Gasteiger partial charge on any atom is -0.370 e. The van der Waals surface area contributed by atoms with Gasteiger partial charge in [0.1, 0.15) is 5.82 Å². The summed E-state index contributed by atoms with van der Waals surface area (Å²) in [6, 6.07) is 9.54. The summed E-state index contributed by atoms with van der Waals surface area (Å²) >= 11 is 6.45. The molecule has 4 rings (SSSR count). The van der Waals surface area contributed by atoms with Crippen molar-refractivity contribution in [3.63, 3.8) is 0 Å². The first-order valence-corrected chi connectivity index (χ1v) is 12.0. The first-order chi connectivity index (χ1) is 16.0. The molecule has 0 saturated carbocycles. The fourth-order valence-corrected chi connectivity index (χ4v) is 4.47. The van der Waals surface area contributed by atoms with Crippen LogP contribution in [0.5, 0.6) is 0 Å². The van der Waals surface area contributed by atoms with Crippen LogP contribution in [-0.4, -0.2) is 83.8 Å². The molecule has 1 aromatic heterocycles. The standard InChI is InChI=1S/C24H33ClN6O2/c1-28-11-13-29(14-12-28)18-24(32)31(33)17-19-5-6-20(15-22(19)25)27-23-8-7-21(16-26-23)30-9-3-2-4-10-30/h5-8,15-16,33H,2-4,9-14,17-18H2,1H3,(H,26,27). The number of hydrogen-bond acceptors (Lipinski definition) is 7. The van der Waals surface area contributed by atoms with E-state index in [0.29, 0.717) is 10.6 Å². The quantitative estimate of drug-likeness (QED) is 0.472. The molecule has 9 heteroatoms. The molecule has 0 bridgehead atoms. The molecule has 3 heterocycles. The molecule has 0 atom stereocenters. The van der Waals surface area contributed by atoms with Gasteiger partial charge in [0.05, 0.1) is 25.0 Å². The molecule has 2 N–H and O–H groups in total. The number of nitrogens with zero attached hydrogens (tertiary/aromatic N) is 5. The third-order valence-electron chi connectivity index (χ3n) is 6.36. The maximum absolute atomic E-state index is 12.4. The zero-order valence-corrected chi connectivity index (χ0v) is 20.0. The lowest BCUT2D eigenvalue weighted by molar-refractivity contribution is -0.169.